The third kappa shape index (κ3) is 12.9. The van der Waals surface area contributed by atoms with Crippen LogP contribution in [0.5, 0.6) is 0 Å². The van der Waals surface area contributed by atoms with E-state index in [9.17, 15) is 28.8 Å². The van der Waals surface area contributed by atoms with Crippen LogP contribution in [0.15, 0.2) is 118 Å². The van der Waals surface area contributed by atoms with Gasteiger partial charge in [0.15, 0.2) is 11.6 Å². The standard InChI is InChI=1S/C46H42Cl4N8O6/c1-5-27-17-35(51-45(63)40(25(3)59)57-55-36-19-31(15-33(49)21-36)43(61)52-38-13-9-7-11-29(38)23-47)18-28(6-2)42(27)54-46(64)41(26(4)60)58-56-37-20-32(16-34(50)22-37)44(62)53-39-14-10-8-12-30(39)24-48/h7-22,40-41H,5-6,23-24H2,1-4H3,(H,51,63)(H,52,61)(H,53,62)(H,54,64). The third-order valence-electron chi connectivity index (χ3n) is 9.53. The normalized spacial score (nSPS) is 12.1. The van der Waals surface area contributed by atoms with Crippen molar-refractivity contribution >= 4 is 116 Å². The van der Waals surface area contributed by atoms with Crippen molar-refractivity contribution in [2.24, 2.45) is 20.5 Å². The molecule has 2 atom stereocenters. The van der Waals surface area contributed by atoms with Crippen molar-refractivity contribution in [1.29, 1.82) is 0 Å². The van der Waals surface area contributed by atoms with Crippen LogP contribution in [0.2, 0.25) is 10.0 Å². The number of rotatable bonds is 18. The highest BCUT2D eigenvalue weighted by molar-refractivity contribution is 6.32. The second-order valence-electron chi connectivity index (χ2n) is 14.2. The Kier molecular flexibility index (Phi) is 17.4. The largest absolute Gasteiger partial charge is 0.324 e. The van der Waals surface area contributed by atoms with E-state index in [2.05, 4.69) is 41.7 Å². The molecule has 5 aromatic rings. The maximum atomic E-state index is 13.7. The lowest BCUT2D eigenvalue weighted by atomic mass is 10.0. The number of carbonyl (C=O) groups is 6. The summed E-state index contributed by atoms with van der Waals surface area (Å²) in [5, 5.41) is 27.7. The monoisotopic (exact) mass is 942 g/mol. The number of anilines is 4. The van der Waals surface area contributed by atoms with Gasteiger partial charge in [0.25, 0.3) is 23.6 Å². The average molecular weight is 945 g/mol. The fraction of sp³-hybridized carbons (Fsp3) is 0.217. The topological polar surface area (TPSA) is 200 Å². The number of aryl methyl sites for hydroxylation is 2. The average Bonchev–Trinajstić information content (AvgIpc) is 3.26. The molecule has 5 rings (SSSR count). The summed E-state index contributed by atoms with van der Waals surface area (Å²) in [6.07, 6.45) is 0.776. The number of nitrogens with one attached hydrogen (secondary N) is 4. The predicted octanol–water partition coefficient (Wildman–Crippen LogP) is 11.5. The summed E-state index contributed by atoms with van der Waals surface area (Å²) in [6, 6.07) is 22.8. The third-order valence-corrected chi connectivity index (χ3v) is 10.5. The number of Topliss-reactive ketones (excluding diaryl/α,β-unsaturated/α-hetero) is 2. The Morgan fingerprint density at radius 1 is 0.531 bits per heavy atom. The molecule has 4 amide bonds. The minimum absolute atomic E-state index is 0.123. The molecule has 0 fully saturated rings. The number of ketones is 2. The van der Waals surface area contributed by atoms with Crippen LogP contribution in [0.25, 0.3) is 0 Å². The number of azo groups is 2. The first-order valence-electron chi connectivity index (χ1n) is 19.8. The minimum Gasteiger partial charge on any atom is -0.324 e. The second kappa shape index (κ2) is 22.9. The number of carbonyl (C=O) groups excluding carboxylic acids is 6. The summed E-state index contributed by atoms with van der Waals surface area (Å²) in [4.78, 5) is 78.9. The molecule has 5 aromatic carbocycles. The number of hydrogen-bond donors (Lipinski definition) is 4. The van der Waals surface area contributed by atoms with Crippen LogP contribution >= 0.6 is 46.4 Å². The van der Waals surface area contributed by atoms with E-state index >= 15 is 0 Å². The molecule has 14 nitrogen and oxygen atoms in total. The maximum Gasteiger partial charge on any atom is 0.258 e. The molecule has 0 saturated heterocycles. The quantitative estimate of drug-likeness (QED) is 0.0382. The molecular formula is C46H42Cl4N8O6. The van der Waals surface area contributed by atoms with E-state index in [1.807, 2.05) is 13.8 Å². The fourth-order valence-corrected chi connectivity index (χ4v) is 7.20. The highest BCUT2D eigenvalue weighted by Crippen LogP contribution is 2.30. The first-order chi connectivity index (χ1) is 30.6. The van der Waals surface area contributed by atoms with Crippen LogP contribution in [0.1, 0.15) is 70.7 Å². The van der Waals surface area contributed by atoms with Gasteiger partial charge in [0.1, 0.15) is 0 Å². The van der Waals surface area contributed by atoms with Gasteiger partial charge >= 0.3 is 0 Å². The van der Waals surface area contributed by atoms with Gasteiger partial charge in [-0.3, -0.25) is 28.8 Å². The molecular weight excluding hydrogens is 902 g/mol. The molecule has 0 bridgehead atoms. The first-order valence-corrected chi connectivity index (χ1v) is 21.6. The second-order valence-corrected chi connectivity index (χ2v) is 15.6. The molecule has 0 aliphatic heterocycles. The van der Waals surface area contributed by atoms with Gasteiger partial charge in [-0.1, -0.05) is 73.4 Å². The van der Waals surface area contributed by atoms with Gasteiger partial charge < -0.3 is 21.3 Å². The lowest BCUT2D eigenvalue weighted by Gasteiger charge is -2.19. The van der Waals surface area contributed by atoms with Crippen molar-refractivity contribution in [2.75, 3.05) is 21.3 Å². The first kappa shape index (κ1) is 48.7. The predicted molar refractivity (Wildman–Crippen MR) is 251 cm³/mol. The van der Waals surface area contributed by atoms with E-state index in [0.29, 0.717) is 57.8 Å². The zero-order chi connectivity index (χ0) is 46.5. The van der Waals surface area contributed by atoms with E-state index < -0.39 is 47.3 Å². The molecule has 0 radical (unpaired) electrons. The van der Waals surface area contributed by atoms with Crippen molar-refractivity contribution in [3.05, 3.63) is 140 Å². The zero-order valence-electron chi connectivity index (χ0n) is 35.0. The molecule has 0 heterocycles. The Labute approximate surface area is 389 Å². The van der Waals surface area contributed by atoms with E-state index in [-0.39, 0.29) is 44.3 Å². The van der Waals surface area contributed by atoms with E-state index in [4.69, 9.17) is 46.4 Å². The molecule has 0 aromatic heterocycles. The summed E-state index contributed by atoms with van der Waals surface area (Å²) in [7, 11) is 0. The number of hydrogen-bond acceptors (Lipinski definition) is 10. The number of halogens is 4. The van der Waals surface area contributed by atoms with Crippen LogP contribution in [-0.4, -0.2) is 47.3 Å². The van der Waals surface area contributed by atoms with Gasteiger partial charge in [0, 0.05) is 55.7 Å². The van der Waals surface area contributed by atoms with Gasteiger partial charge in [-0.15, -0.1) is 23.2 Å². The molecule has 0 spiro atoms. The summed E-state index contributed by atoms with van der Waals surface area (Å²) in [6.45, 7) is 6.06. The SMILES string of the molecule is CCc1cc(NC(=O)C(N=Nc2cc(Cl)cc(C(=O)Nc3ccccc3CCl)c2)C(C)=O)cc(CC)c1NC(=O)C(N=Nc1cc(Cl)cc(C(=O)Nc2ccccc2CCl)c1)C(C)=O. The lowest BCUT2D eigenvalue weighted by Crippen LogP contribution is -2.33. The number of amides is 4. The highest BCUT2D eigenvalue weighted by atomic mass is 35.5. The zero-order valence-corrected chi connectivity index (χ0v) is 38.0. The Hall–Kier alpha value is -6.32. The molecule has 0 aliphatic carbocycles. The fourth-order valence-electron chi connectivity index (χ4n) is 6.28. The van der Waals surface area contributed by atoms with Crippen LogP contribution < -0.4 is 21.3 Å². The van der Waals surface area contributed by atoms with Crippen molar-refractivity contribution in [3.8, 4) is 0 Å². The van der Waals surface area contributed by atoms with Crippen molar-refractivity contribution in [2.45, 2.75) is 64.4 Å². The molecule has 2 unspecified atom stereocenters. The van der Waals surface area contributed by atoms with Crippen molar-refractivity contribution in [1.82, 2.24) is 0 Å². The molecule has 330 valence electrons. The summed E-state index contributed by atoms with van der Waals surface area (Å²) in [5.74, 6) is -3.38. The number of para-hydroxylation sites is 2. The van der Waals surface area contributed by atoms with Crippen LogP contribution in [0.3, 0.4) is 0 Å². The Bertz CT molecular complexity index is 2650. The van der Waals surface area contributed by atoms with Gasteiger partial charge in [0.05, 0.1) is 11.4 Å². The molecule has 0 saturated carbocycles. The van der Waals surface area contributed by atoms with Crippen LogP contribution in [-0.2, 0) is 43.8 Å². The smallest absolute Gasteiger partial charge is 0.258 e. The Morgan fingerprint density at radius 2 is 0.938 bits per heavy atom. The number of nitrogens with zero attached hydrogens (tertiary/aromatic N) is 4. The highest BCUT2D eigenvalue weighted by Gasteiger charge is 2.27. The van der Waals surface area contributed by atoms with E-state index in [1.165, 1.54) is 50.2 Å². The van der Waals surface area contributed by atoms with Crippen LogP contribution in [0.4, 0.5) is 34.1 Å². The minimum atomic E-state index is -1.57. The van der Waals surface area contributed by atoms with E-state index in [1.54, 1.807) is 60.7 Å². The lowest BCUT2D eigenvalue weighted by molar-refractivity contribution is -0.127. The maximum absolute atomic E-state index is 13.7. The Balaban J connectivity index is 1.31. The van der Waals surface area contributed by atoms with Crippen LogP contribution in [0, 0.1) is 0 Å². The number of alkyl halides is 2. The Morgan fingerprint density at radius 3 is 1.33 bits per heavy atom. The number of benzene rings is 5. The molecule has 0 aliphatic rings. The van der Waals surface area contributed by atoms with Crippen molar-refractivity contribution < 1.29 is 28.8 Å². The van der Waals surface area contributed by atoms with Gasteiger partial charge in [-0.25, -0.2) is 0 Å². The van der Waals surface area contributed by atoms with Gasteiger partial charge in [-0.05, 0) is 110 Å². The van der Waals surface area contributed by atoms with Gasteiger partial charge in [0.2, 0.25) is 12.1 Å². The van der Waals surface area contributed by atoms with Crippen molar-refractivity contribution in [3.63, 3.8) is 0 Å². The summed E-state index contributed by atoms with van der Waals surface area (Å²) in [5.41, 5.74) is 4.95. The molecule has 64 heavy (non-hydrogen) atoms. The molecule has 4 N–H and O–H groups in total. The summed E-state index contributed by atoms with van der Waals surface area (Å²) < 4.78 is 0. The summed E-state index contributed by atoms with van der Waals surface area (Å²) >= 11 is 24.7. The molecule has 18 heteroatoms. The van der Waals surface area contributed by atoms with Gasteiger partial charge in [-0.2, -0.15) is 20.5 Å². The van der Waals surface area contributed by atoms with E-state index in [0.717, 1.165) is 0 Å².